The summed E-state index contributed by atoms with van der Waals surface area (Å²) in [7, 11) is 0. The van der Waals surface area contributed by atoms with Gasteiger partial charge in [0.1, 0.15) is 5.65 Å². The van der Waals surface area contributed by atoms with E-state index in [-0.39, 0.29) is 17.7 Å². The Labute approximate surface area is 170 Å². The molecule has 0 aliphatic heterocycles. The van der Waals surface area contributed by atoms with Gasteiger partial charge in [0.2, 0.25) is 5.95 Å². The van der Waals surface area contributed by atoms with E-state index in [9.17, 15) is 9.90 Å². The maximum absolute atomic E-state index is 13.5. The Morgan fingerprint density at radius 2 is 2.03 bits per heavy atom. The lowest BCUT2D eigenvalue weighted by molar-refractivity contribution is 0.111. The van der Waals surface area contributed by atoms with Crippen LogP contribution < -0.4 is 10.9 Å². The molecule has 1 aliphatic rings. The van der Waals surface area contributed by atoms with E-state index in [0.29, 0.717) is 29.8 Å². The minimum atomic E-state index is -0.276. The SMILES string of the molecule is C=Cc1ccc2c(c1)c(=O)n(C1CCC(O)CC1)c1nc(NCCCC)ncc21. The van der Waals surface area contributed by atoms with E-state index < -0.39 is 0 Å². The second kappa shape index (κ2) is 8.33. The zero-order chi connectivity index (χ0) is 20.4. The summed E-state index contributed by atoms with van der Waals surface area (Å²) in [5.41, 5.74) is 1.55. The van der Waals surface area contributed by atoms with Crippen molar-refractivity contribution in [1.29, 1.82) is 0 Å². The molecular weight excluding hydrogens is 364 g/mol. The van der Waals surface area contributed by atoms with E-state index in [1.807, 2.05) is 29.0 Å². The van der Waals surface area contributed by atoms with Crippen molar-refractivity contribution in [3.05, 3.63) is 46.9 Å². The fourth-order valence-corrected chi connectivity index (χ4v) is 4.19. The number of aliphatic hydroxyl groups excluding tert-OH is 1. The monoisotopic (exact) mass is 392 g/mol. The molecular formula is C23H28N4O2. The molecule has 1 saturated carbocycles. The smallest absolute Gasteiger partial charge is 0.260 e. The molecule has 29 heavy (non-hydrogen) atoms. The lowest BCUT2D eigenvalue weighted by Gasteiger charge is -2.28. The van der Waals surface area contributed by atoms with Crippen molar-refractivity contribution in [2.75, 3.05) is 11.9 Å². The molecule has 1 aromatic carbocycles. The van der Waals surface area contributed by atoms with Crippen molar-refractivity contribution in [3.8, 4) is 0 Å². The first kappa shape index (κ1) is 19.6. The van der Waals surface area contributed by atoms with Gasteiger partial charge in [-0.1, -0.05) is 38.1 Å². The minimum absolute atomic E-state index is 0.0311. The van der Waals surface area contributed by atoms with Crippen LogP contribution in [0.2, 0.25) is 0 Å². The molecule has 0 atom stereocenters. The molecule has 6 nitrogen and oxygen atoms in total. The number of benzene rings is 1. The topological polar surface area (TPSA) is 80.0 Å². The molecule has 0 radical (unpaired) electrons. The Morgan fingerprint density at radius 3 is 2.76 bits per heavy atom. The van der Waals surface area contributed by atoms with E-state index in [4.69, 9.17) is 4.98 Å². The molecule has 1 fully saturated rings. The zero-order valence-electron chi connectivity index (χ0n) is 16.9. The largest absolute Gasteiger partial charge is 0.393 e. The van der Waals surface area contributed by atoms with Gasteiger partial charge in [-0.25, -0.2) is 4.98 Å². The van der Waals surface area contributed by atoms with Crippen LogP contribution in [-0.2, 0) is 0 Å². The van der Waals surface area contributed by atoms with Crippen LogP contribution >= 0.6 is 0 Å². The summed E-state index contributed by atoms with van der Waals surface area (Å²) < 4.78 is 1.84. The van der Waals surface area contributed by atoms with Gasteiger partial charge in [0.05, 0.1) is 6.10 Å². The average molecular weight is 393 g/mol. The number of fused-ring (bicyclic) bond motifs is 3. The van der Waals surface area contributed by atoms with Gasteiger partial charge in [0.15, 0.2) is 0 Å². The molecule has 0 amide bonds. The number of hydrogen-bond donors (Lipinski definition) is 2. The average Bonchev–Trinajstić information content (AvgIpc) is 2.75. The van der Waals surface area contributed by atoms with Crippen LogP contribution in [0.1, 0.15) is 57.1 Å². The first-order valence-electron chi connectivity index (χ1n) is 10.5. The van der Waals surface area contributed by atoms with Crippen LogP contribution in [-0.4, -0.2) is 32.3 Å². The molecule has 2 aromatic heterocycles. The van der Waals surface area contributed by atoms with Gasteiger partial charge in [0, 0.05) is 29.6 Å². The molecule has 2 N–H and O–H groups in total. The van der Waals surface area contributed by atoms with Crippen molar-refractivity contribution < 1.29 is 5.11 Å². The van der Waals surface area contributed by atoms with E-state index in [1.54, 1.807) is 6.08 Å². The molecule has 6 heteroatoms. The van der Waals surface area contributed by atoms with Crippen LogP contribution in [0, 0.1) is 0 Å². The number of pyridine rings is 1. The van der Waals surface area contributed by atoms with E-state index in [0.717, 1.165) is 48.6 Å². The highest BCUT2D eigenvalue weighted by Gasteiger charge is 2.25. The van der Waals surface area contributed by atoms with Crippen LogP contribution in [0.15, 0.2) is 35.8 Å². The fourth-order valence-electron chi connectivity index (χ4n) is 4.19. The first-order chi connectivity index (χ1) is 14.1. The Hall–Kier alpha value is -2.73. The molecule has 152 valence electrons. The summed E-state index contributed by atoms with van der Waals surface area (Å²) in [4.78, 5) is 22.8. The lowest BCUT2D eigenvalue weighted by Crippen LogP contribution is -2.30. The third-order valence-electron chi connectivity index (χ3n) is 5.86. The number of unbranched alkanes of at least 4 members (excludes halogenated alkanes) is 1. The summed E-state index contributed by atoms with van der Waals surface area (Å²) in [6.07, 6.45) is 8.37. The number of aliphatic hydroxyl groups is 1. The fraction of sp³-hybridized carbons (Fsp3) is 0.435. The Kier molecular flexibility index (Phi) is 5.62. The predicted molar refractivity (Wildman–Crippen MR) is 118 cm³/mol. The van der Waals surface area contributed by atoms with Gasteiger partial charge in [-0.15, -0.1) is 0 Å². The molecule has 0 unspecified atom stereocenters. The van der Waals surface area contributed by atoms with Crippen molar-refractivity contribution >= 4 is 33.8 Å². The third kappa shape index (κ3) is 3.77. The molecule has 3 aromatic rings. The molecule has 4 rings (SSSR count). The minimum Gasteiger partial charge on any atom is -0.393 e. The number of anilines is 1. The van der Waals surface area contributed by atoms with Crippen LogP contribution in [0.25, 0.3) is 27.9 Å². The standard InChI is InChI=1S/C23H28N4O2/c1-3-5-12-24-23-25-14-20-18-11-6-15(4-2)13-19(18)22(29)27(21(20)26-23)16-7-9-17(28)10-8-16/h4,6,11,13-14,16-17,28H,2-3,5,7-10,12H2,1H3,(H,24,25,26). The van der Waals surface area contributed by atoms with E-state index in [1.165, 1.54) is 0 Å². The summed E-state index contributed by atoms with van der Waals surface area (Å²) in [5, 5.41) is 15.6. The highest BCUT2D eigenvalue weighted by molar-refractivity contribution is 6.04. The number of nitrogens with zero attached hydrogens (tertiary/aromatic N) is 3. The predicted octanol–water partition coefficient (Wildman–Crippen LogP) is 4.28. The Bertz CT molecular complexity index is 1100. The van der Waals surface area contributed by atoms with Crippen LogP contribution in [0.5, 0.6) is 0 Å². The van der Waals surface area contributed by atoms with Gasteiger partial charge >= 0.3 is 0 Å². The quantitative estimate of drug-likeness (QED) is 0.484. The van der Waals surface area contributed by atoms with E-state index >= 15 is 0 Å². The van der Waals surface area contributed by atoms with Gasteiger partial charge < -0.3 is 10.4 Å². The maximum Gasteiger partial charge on any atom is 0.260 e. The highest BCUT2D eigenvalue weighted by Crippen LogP contribution is 2.32. The van der Waals surface area contributed by atoms with Crippen LogP contribution in [0.4, 0.5) is 5.95 Å². The molecule has 0 bridgehead atoms. The van der Waals surface area contributed by atoms with Gasteiger partial charge in [-0.2, -0.15) is 4.98 Å². The van der Waals surface area contributed by atoms with Crippen molar-refractivity contribution in [2.24, 2.45) is 0 Å². The molecule has 0 spiro atoms. The van der Waals surface area contributed by atoms with Crippen molar-refractivity contribution in [3.63, 3.8) is 0 Å². The second-order valence-electron chi connectivity index (χ2n) is 7.86. The van der Waals surface area contributed by atoms with Crippen molar-refractivity contribution in [2.45, 2.75) is 57.6 Å². The number of nitrogens with one attached hydrogen (secondary N) is 1. The zero-order valence-corrected chi connectivity index (χ0v) is 16.9. The highest BCUT2D eigenvalue weighted by atomic mass is 16.3. The molecule has 1 aliphatic carbocycles. The third-order valence-corrected chi connectivity index (χ3v) is 5.86. The normalized spacial score (nSPS) is 19.5. The Morgan fingerprint density at radius 1 is 1.24 bits per heavy atom. The lowest BCUT2D eigenvalue weighted by atomic mass is 9.92. The van der Waals surface area contributed by atoms with Crippen LogP contribution in [0.3, 0.4) is 0 Å². The van der Waals surface area contributed by atoms with Crippen molar-refractivity contribution in [1.82, 2.24) is 14.5 Å². The maximum atomic E-state index is 13.5. The summed E-state index contributed by atoms with van der Waals surface area (Å²) in [6.45, 7) is 6.77. The summed E-state index contributed by atoms with van der Waals surface area (Å²) in [6, 6.07) is 5.84. The summed E-state index contributed by atoms with van der Waals surface area (Å²) >= 11 is 0. The number of hydrogen-bond acceptors (Lipinski definition) is 5. The van der Waals surface area contributed by atoms with E-state index in [2.05, 4.69) is 23.8 Å². The molecule has 0 saturated heterocycles. The number of rotatable bonds is 6. The van der Waals surface area contributed by atoms with Gasteiger partial charge in [-0.3, -0.25) is 9.36 Å². The summed E-state index contributed by atoms with van der Waals surface area (Å²) in [5.74, 6) is 0.553. The van der Waals surface area contributed by atoms with Gasteiger partial charge in [-0.05, 0) is 49.1 Å². The molecule has 2 heterocycles. The Balaban J connectivity index is 1.93. The second-order valence-corrected chi connectivity index (χ2v) is 7.86. The first-order valence-corrected chi connectivity index (χ1v) is 10.5. The number of aromatic nitrogens is 3. The van der Waals surface area contributed by atoms with Gasteiger partial charge in [0.25, 0.3) is 5.56 Å².